The molecule has 122 valence electrons. The lowest BCUT2D eigenvalue weighted by atomic mass is 9.98. The Morgan fingerprint density at radius 3 is 2.54 bits per heavy atom. The van der Waals surface area contributed by atoms with Crippen molar-refractivity contribution in [3.05, 3.63) is 52.4 Å². The molecule has 0 spiro atoms. The van der Waals surface area contributed by atoms with Gasteiger partial charge in [-0.15, -0.1) is 11.3 Å². The van der Waals surface area contributed by atoms with E-state index in [-0.39, 0.29) is 6.79 Å². The fraction of sp³-hybridized carbons (Fsp3) is 0.211. The summed E-state index contributed by atoms with van der Waals surface area (Å²) in [6.45, 7) is 6.68. The highest BCUT2D eigenvalue weighted by Gasteiger charge is 2.14. The predicted molar refractivity (Wildman–Crippen MR) is 97.6 cm³/mol. The third-order valence-corrected chi connectivity index (χ3v) is 4.82. The number of fused-ring (bicyclic) bond motifs is 1. The second-order valence-corrected chi connectivity index (χ2v) is 6.86. The van der Waals surface area contributed by atoms with Gasteiger partial charge in [0.15, 0.2) is 16.6 Å². The Hall–Kier alpha value is -2.53. The molecule has 0 radical (unpaired) electrons. The van der Waals surface area contributed by atoms with Crippen LogP contribution in [0.2, 0.25) is 0 Å². The van der Waals surface area contributed by atoms with Gasteiger partial charge in [0.2, 0.25) is 6.79 Å². The van der Waals surface area contributed by atoms with Crippen molar-refractivity contribution < 1.29 is 9.47 Å². The molecule has 2 heterocycles. The molecule has 4 nitrogen and oxygen atoms in total. The van der Waals surface area contributed by atoms with E-state index in [2.05, 4.69) is 43.6 Å². The number of ether oxygens (including phenoxy) is 2. The number of hydrogen-bond acceptors (Lipinski definition) is 5. The van der Waals surface area contributed by atoms with Gasteiger partial charge in [0.05, 0.1) is 5.69 Å². The Balaban J connectivity index is 1.62. The molecule has 5 heteroatoms. The smallest absolute Gasteiger partial charge is 0.231 e. The van der Waals surface area contributed by atoms with Gasteiger partial charge >= 0.3 is 0 Å². The van der Waals surface area contributed by atoms with E-state index < -0.39 is 0 Å². The van der Waals surface area contributed by atoms with Crippen LogP contribution in [0.3, 0.4) is 0 Å². The fourth-order valence-corrected chi connectivity index (χ4v) is 3.85. The van der Waals surface area contributed by atoms with E-state index in [1.165, 1.54) is 22.3 Å². The molecule has 2 aromatic carbocycles. The fourth-order valence-electron chi connectivity index (χ4n) is 3.13. The average molecular weight is 338 g/mol. The molecule has 1 aromatic heterocycles. The van der Waals surface area contributed by atoms with E-state index in [9.17, 15) is 0 Å². The third-order valence-electron chi connectivity index (χ3n) is 4.06. The van der Waals surface area contributed by atoms with Crippen molar-refractivity contribution in [1.29, 1.82) is 0 Å². The minimum absolute atomic E-state index is 0.284. The molecule has 0 aliphatic carbocycles. The van der Waals surface area contributed by atoms with Gasteiger partial charge < -0.3 is 14.8 Å². The molecular weight excluding hydrogens is 320 g/mol. The molecule has 1 aliphatic rings. The second kappa shape index (κ2) is 5.83. The van der Waals surface area contributed by atoms with Gasteiger partial charge in [-0.05, 0) is 44.0 Å². The summed E-state index contributed by atoms with van der Waals surface area (Å²) >= 11 is 1.60. The SMILES string of the molecule is Cc1cc(C)c(-c2csc(Nc3ccc4c(c3)OCO4)n2)c(C)c1. The first-order valence-corrected chi connectivity index (χ1v) is 8.68. The molecule has 0 fully saturated rings. The van der Waals surface area contributed by atoms with Gasteiger partial charge in [0.1, 0.15) is 0 Å². The van der Waals surface area contributed by atoms with Crippen LogP contribution in [0.15, 0.2) is 35.7 Å². The molecule has 24 heavy (non-hydrogen) atoms. The summed E-state index contributed by atoms with van der Waals surface area (Å²) in [4.78, 5) is 4.76. The average Bonchev–Trinajstić information content (AvgIpc) is 3.15. The zero-order valence-corrected chi connectivity index (χ0v) is 14.7. The van der Waals surface area contributed by atoms with Crippen LogP contribution in [-0.2, 0) is 0 Å². The number of aryl methyl sites for hydroxylation is 3. The predicted octanol–water partition coefficient (Wildman–Crippen LogP) is 5.21. The molecule has 1 aliphatic heterocycles. The summed E-state index contributed by atoms with van der Waals surface area (Å²) < 4.78 is 10.8. The Morgan fingerprint density at radius 1 is 1.00 bits per heavy atom. The van der Waals surface area contributed by atoms with Crippen LogP contribution >= 0.6 is 11.3 Å². The lowest BCUT2D eigenvalue weighted by Crippen LogP contribution is -1.93. The number of nitrogens with zero attached hydrogens (tertiary/aromatic N) is 1. The highest BCUT2D eigenvalue weighted by Crippen LogP contribution is 2.36. The first-order chi connectivity index (χ1) is 11.6. The van der Waals surface area contributed by atoms with E-state index in [1.807, 2.05) is 18.2 Å². The number of benzene rings is 2. The van der Waals surface area contributed by atoms with Crippen LogP contribution in [0.4, 0.5) is 10.8 Å². The lowest BCUT2D eigenvalue weighted by Gasteiger charge is -2.09. The Labute approximate surface area is 145 Å². The highest BCUT2D eigenvalue weighted by atomic mass is 32.1. The van der Waals surface area contributed by atoms with Crippen molar-refractivity contribution in [3.8, 4) is 22.8 Å². The third kappa shape index (κ3) is 2.71. The van der Waals surface area contributed by atoms with Crippen molar-refractivity contribution in [2.75, 3.05) is 12.1 Å². The zero-order valence-electron chi connectivity index (χ0n) is 13.8. The summed E-state index contributed by atoms with van der Waals surface area (Å²) in [6, 6.07) is 10.2. The normalized spacial score (nSPS) is 12.5. The lowest BCUT2D eigenvalue weighted by molar-refractivity contribution is 0.174. The summed E-state index contributed by atoms with van der Waals surface area (Å²) in [7, 11) is 0. The minimum atomic E-state index is 0.284. The van der Waals surface area contributed by atoms with Crippen LogP contribution in [0.5, 0.6) is 11.5 Å². The number of nitrogens with one attached hydrogen (secondary N) is 1. The topological polar surface area (TPSA) is 43.4 Å². The molecule has 0 unspecified atom stereocenters. The van der Waals surface area contributed by atoms with Gasteiger partial charge in [0, 0.05) is 22.7 Å². The number of hydrogen-bond donors (Lipinski definition) is 1. The van der Waals surface area contributed by atoms with Gasteiger partial charge in [-0.2, -0.15) is 0 Å². The van der Waals surface area contributed by atoms with Gasteiger partial charge in [-0.3, -0.25) is 0 Å². The van der Waals surface area contributed by atoms with Crippen molar-refractivity contribution in [2.24, 2.45) is 0 Å². The standard InChI is InChI=1S/C19H18N2O2S/c1-11-6-12(2)18(13(3)7-11)15-9-24-19(21-15)20-14-4-5-16-17(8-14)23-10-22-16/h4-9H,10H2,1-3H3,(H,20,21). The van der Waals surface area contributed by atoms with Crippen molar-refractivity contribution >= 4 is 22.2 Å². The largest absolute Gasteiger partial charge is 0.454 e. The van der Waals surface area contributed by atoms with Crippen LogP contribution in [-0.4, -0.2) is 11.8 Å². The monoisotopic (exact) mass is 338 g/mol. The van der Waals surface area contributed by atoms with Crippen molar-refractivity contribution in [2.45, 2.75) is 20.8 Å². The van der Waals surface area contributed by atoms with E-state index in [0.29, 0.717) is 0 Å². The van der Waals surface area contributed by atoms with Crippen LogP contribution in [0.1, 0.15) is 16.7 Å². The molecule has 0 bridgehead atoms. The van der Waals surface area contributed by atoms with E-state index in [0.717, 1.165) is 28.0 Å². The van der Waals surface area contributed by atoms with Crippen LogP contribution in [0.25, 0.3) is 11.3 Å². The van der Waals surface area contributed by atoms with E-state index >= 15 is 0 Å². The number of aromatic nitrogens is 1. The Kier molecular flexibility index (Phi) is 3.65. The maximum absolute atomic E-state index is 5.41. The van der Waals surface area contributed by atoms with Crippen LogP contribution < -0.4 is 14.8 Å². The zero-order chi connectivity index (χ0) is 16.7. The maximum atomic E-state index is 5.41. The number of thiazole rings is 1. The van der Waals surface area contributed by atoms with Gasteiger partial charge in [0.25, 0.3) is 0 Å². The molecule has 1 N–H and O–H groups in total. The molecule has 4 rings (SSSR count). The van der Waals surface area contributed by atoms with Crippen molar-refractivity contribution in [1.82, 2.24) is 4.98 Å². The summed E-state index contributed by atoms with van der Waals surface area (Å²) in [6.07, 6.45) is 0. The Morgan fingerprint density at radius 2 is 1.75 bits per heavy atom. The highest BCUT2D eigenvalue weighted by molar-refractivity contribution is 7.14. The van der Waals surface area contributed by atoms with E-state index in [4.69, 9.17) is 14.5 Å². The first kappa shape index (κ1) is 15.0. The first-order valence-electron chi connectivity index (χ1n) is 7.80. The van der Waals surface area contributed by atoms with Crippen molar-refractivity contribution in [3.63, 3.8) is 0 Å². The van der Waals surface area contributed by atoms with Gasteiger partial charge in [-0.1, -0.05) is 17.7 Å². The second-order valence-electron chi connectivity index (χ2n) is 6.00. The van der Waals surface area contributed by atoms with Crippen LogP contribution in [0, 0.1) is 20.8 Å². The summed E-state index contributed by atoms with van der Waals surface area (Å²) in [5.41, 5.74) is 6.97. The molecular formula is C19H18N2O2S. The quantitative estimate of drug-likeness (QED) is 0.712. The molecule has 3 aromatic rings. The number of rotatable bonds is 3. The summed E-state index contributed by atoms with van der Waals surface area (Å²) in [5, 5.41) is 6.31. The molecule has 0 saturated carbocycles. The molecule has 0 atom stereocenters. The number of anilines is 2. The molecule has 0 saturated heterocycles. The summed E-state index contributed by atoms with van der Waals surface area (Å²) in [5.74, 6) is 1.55. The Bertz CT molecular complexity index is 894. The molecule has 0 amide bonds. The maximum Gasteiger partial charge on any atom is 0.231 e. The van der Waals surface area contributed by atoms with E-state index in [1.54, 1.807) is 11.3 Å². The van der Waals surface area contributed by atoms with Gasteiger partial charge in [-0.25, -0.2) is 4.98 Å². The minimum Gasteiger partial charge on any atom is -0.454 e.